The molecule has 0 spiro atoms. The second kappa shape index (κ2) is 22.1. The molecule has 2 fully saturated rings. The standard InChI is InChI=1S/C45H75N5O8/c1-31(2)26-35(48-42(54)58-43(5,6)7)23-22-34(27-33-18-13-12-14-19-33)40(52)49-25-17-21-38(49)39(51)47-36(30-56-32(3)4)20-15-16-24-46-41(53)57-37-28-44(8,9)50(55)45(10,11)29-37/h12-14,18-19,22-23,31-32,34-38,55H,15-17,20-21,24-30H2,1-11H3,(H,46,53)(H,47,51)(H,48,54)/b23-22+/t34-,35-,36-,38+/m1/s1. The van der Waals surface area contributed by atoms with Crippen LogP contribution in [0, 0.1) is 11.8 Å². The third kappa shape index (κ3) is 16.5. The van der Waals surface area contributed by atoms with Gasteiger partial charge in [-0.2, -0.15) is 5.06 Å². The highest BCUT2D eigenvalue weighted by atomic mass is 16.6. The van der Waals surface area contributed by atoms with Crippen LogP contribution in [0.15, 0.2) is 42.5 Å². The fourth-order valence-corrected chi connectivity index (χ4v) is 8.01. The predicted octanol–water partition coefficient (Wildman–Crippen LogP) is 7.55. The summed E-state index contributed by atoms with van der Waals surface area (Å²) in [5.41, 5.74) is -0.685. The topological polar surface area (TPSA) is 159 Å². The van der Waals surface area contributed by atoms with Gasteiger partial charge in [0.05, 0.1) is 30.7 Å². The Kier molecular flexibility index (Phi) is 18.5. The Balaban J connectivity index is 1.64. The van der Waals surface area contributed by atoms with Crippen LogP contribution in [0.4, 0.5) is 9.59 Å². The molecular weight excluding hydrogens is 739 g/mol. The summed E-state index contributed by atoms with van der Waals surface area (Å²) >= 11 is 0. The van der Waals surface area contributed by atoms with Crippen LogP contribution in [-0.4, -0.2) is 106 Å². The Morgan fingerprint density at radius 3 is 2.19 bits per heavy atom. The number of unbranched alkanes of at least 4 members (excludes halogenated alkanes) is 1. The number of carbonyl (C=O) groups is 4. The molecule has 58 heavy (non-hydrogen) atoms. The first-order valence-electron chi connectivity index (χ1n) is 21.4. The molecule has 1 aromatic carbocycles. The molecule has 2 heterocycles. The summed E-state index contributed by atoms with van der Waals surface area (Å²) in [7, 11) is 0. The number of nitrogens with zero attached hydrogens (tertiary/aromatic N) is 2. The Hall–Kier alpha value is -3.68. The molecule has 1 aromatic rings. The van der Waals surface area contributed by atoms with E-state index in [9.17, 15) is 24.4 Å². The van der Waals surface area contributed by atoms with Gasteiger partial charge < -0.3 is 40.3 Å². The third-order valence-electron chi connectivity index (χ3n) is 10.6. The molecule has 0 radical (unpaired) electrons. The number of hydrogen-bond acceptors (Lipinski definition) is 9. The van der Waals surface area contributed by atoms with Gasteiger partial charge in [0.1, 0.15) is 17.7 Å². The van der Waals surface area contributed by atoms with Crippen molar-refractivity contribution in [3.63, 3.8) is 0 Å². The van der Waals surface area contributed by atoms with Gasteiger partial charge in [-0.05, 0) is 119 Å². The molecule has 0 unspecified atom stereocenters. The van der Waals surface area contributed by atoms with Gasteiger partial charge in [-0.15, -0.1) is 0 Å². The van der Waals surface area contributed by atoms with Gasteiger partial charge in [-0.25, -0.2) is 9.59 Å². The first-order valence-corrected chi connectivity index (χ1v) is 21.4. The van der Waals surface area contributed by atoms with Gasteiger partial charge in [-0.1, -0.05) is 56.3 Å². The van der Waals surface area contributed by atoms with Crippen molar-refractivity contribution in [2.24, 2.45) is 11.8 Å². The number of hydrogen-bond donors (Lipinski definition) is 4. The summed E-state index contributed by atoms with van der Waals surface area (Å²) in [6.45, 7) is 22.5. The number of carbonyl (C=O) groups excluding carboxylic acids is 4. The number of likely N-dealkylation sites (tertiary alicyclic amines) is 1. The number of benzene rings is 1. The Labute approximate surface area is 348 Å². The number of nitrogens with one attached hydrogen (secondary N) is 3. The van der Waals surface area contributed by atoms with Gasteiger partial charge in [0.25, 0.3) is 0 Å². The molecule has 0 saturated carbocycles. The SMILES string of the molecule is CC(C)C[C@@H](/C=C/[C@H](Cc1ccccc1)C(=O)N1CCC[C@H]1C(=O)N[C@H](CCCCNC(=O)OC1CC(C)(C)N(O)C(C)(C)C1)COC(C)C)NC(=O)OC(C)(C)C. The van der Waals surface area contributed by atoms with Crippen LogP contribution in [0.5, 0.6) is 0 Å². The number of piperidine rings is 1. The van der Waals surface area contributed by atoms with E-state index in [1.807, 2.05) is 105 Å². The van der Waals surface area contributed by atoms with Crippen LogP contribution in [0.25, 0.3) is 0 Å². The molecule has 4 amide bonds. The van der Waals surface area contributed by atoms with Gasteiger partial charge in [-0.3, -0.25) is 9.59 Å². The molecule has 2 saturated heterocycles. The summed E-state index contributed by atoms with van der Waals surface area (Å²) in [4.78, 5) is 55.5. The Morgan fingerprint density at radius 2 is 1.59 bits per heavy atom. The monoisotopic (exact) mass is 814 g/mol. The number of rotatable bonds is 19. The van der Waals surface area contributed by atoms with Crippen LogP contribution >= 0.6 is 0 Å². The average Bonchev–Trinajstić information content (AvgIpc) is 3.60. The molecule has 13 nitrogen and oxygen atoms in total. The van der Waals surface area contributed by atoms with E-state index in [4.69, 9.17) is 14.2 Å². The highest BCUT2D eigenvalue weighted by molar-refractivity contribution is 5.90. The molecule has 2 aliphatic heterocycles. The zero-order chi connectivity index (χ0) is 43.3. The van der Waals surface area contributed by atoms with E-state index < -0.39 is 40.8 Å². The van der Waals surface area contributed by atoms with Gasteiger partial charge in [0.15, 0.2) is 0 Å². The molecule has 0 bridgehead atoms. The lowest BCUT2D eigenvalue weighted by Gasteiger charge is -2.50. The lowest BCUT2D eigenvalue weighted by atomic mass is 9.80. The molecule has 4 N–H and O–H groups in total. The molecule has 2 aliphatic rings. The van der Waals surface area contributed by atoms with Crippen LogP contribution in [-0.2, 0) is 30.2 Å². The number of hydroxylamine groups is 2. The Morgan fingerprint density at radius 1 is 0.931 bits per heavy atom. The van der Waals surface area contributed by atoms with E-state index in [0.29, 0.717) is 71.1 Å². The number of amides is 4. The first kappa shape index (κ1) is 48.7. The second-order valence-electron chi connectivity index (χ2n) is 19.1. The summed E-state index contributed by atoms with van der Waals surface area (Å²) in [5, 5.41) is 21.0. The lowest BCUT2D eigenvalue weighted by molar-refractivity contribution is -0.256. The smallest absolute Gasteiger partial charge is 0.408 e. The minimum atomic E-state index is -0.643. The van der Waals surface area contributed by atoms with Gasteiger partial charge >= 0.3 is 12.2 Å². The highest BCUT2D eigenvalue weighted by Crippen LogP contribution is 2.38. The summed E-state index contributed by atoms with van der Waals surface area (Å²) in [6, 6.07) is 8.59. The maximum Gasteiger partial charge on any atom is 0.408 e. The average molecular weight is 814 g/mol. The van der Waals surface area contributed by atoms with Crippen LogP contribution in [0.3, 0.4) is 0 Å². The van der Waals surface area contributed by atoms with Crippen LogP contribution < -0.4 is 16.0 Å². The minimum absolute atomic E-state index is 0.0251. The zero-order valence-electron chi connectivity index (χ0n) is 37.3. The number of ether oxygens (including phenoxy) is 3. The van der Waals surface area contributed by atoms with Crippen molar-refractivity contribution in [2.45, 2.75) is 181 Å². The van der Waals surface area contributed by atoms with E-state index in [-0.39, 0.29) is 42.0 Å². The summed E-state index contributed by atoms with van der Waals surface area (Å²) in [6.07, 6.45) is 7.94. The van der Waals surface area contributed by atoms with Crippen LogP contribution in [0.1, 0.15) is 133 Å². The van der Waals surface area contributed by atoms with Crippen molar-refractivity contribution in [3.05, 3.63) is 48.0 Å². The summed E-state index contributed by atoms with van der Waals surface area (Å²) in [5.74, 6) is -0.593. The predicted molar refractivity (Wildman–Crippen MR) is 226 cm³/mol. The van der Waals surface area contributed by atoms with Gasteiger partial charge in [0.2, 0.25) is 11.8 Å². The minimum Gasteiger partial charge on any atom is -0.446 e. The molecule has 13 heteroatoms. The van der Waals surface area contributed by atoms with E-state index in [2.05, 4.69) is 29.8 Å². The fraction of sp³-hybridized carbons (Fsp3) is 0.733. The largest absolute Gasteiger partial charge is 0.446 e. The highest BCUT2D eigenvalue weighted by Gasteiger charge is 2.46. The Bertz CT molecular complexity index is 1470. The van der Waals surface area contributed by atoms with E-state index in [0.717, 1.165) is 12.0 Å². The van der Waals surface area contributed by atoms with Crippen LogP contribution in [0.2, 0.25) is 0 Å². The zero-order valence-corrected chi connectivity index (χ0v) is 37.3. The normalized spacial score (nSPS) is 20.2. The van der Waals surface area contributed by atoms with Crippen molar-refractivity contribution in [2.75, 3.05) is 19.7 Å². The van der Waals surface area contributed by atoms with E-state index >= 15 is 0 Å². The quantitative estimate of drug-likeness (QED) is 0.0818. The van der Waals surface area contributed by atoms with Crippen molar-refractivity contribution < 1.29 is 38.6 Å². The fourth-order valence-electron chi connectivity index (χ4n) is 8.01. The maximum atomic E-state index is 14.4. The molecule has 328 valence electrons. The molecule has 4 atom stereocenters. The third-order valence-corrected chi connectivity index (χ3v) is 10.6. The molecular formula is C45H75N5O8. The van der Waals surface area contributed by atoms with Crippen molar-refractivity contribution in [1.29, 1.82) is 0 Å². The number of alkyl carbamates (subject to hydrolysis) is 2. The second-order valence-corrected chi connectivity index (χ2v) is 19.1. The van der Waals surface area contributed by atoms with Gasteiger partial charge in [0, 0.05) is 37.0 Å². The van der Waals surface area contributed by atoms with Crippen molar-refractivity contribution in [1.82, 2.24) is 25.9 Å². The maximum absolute atomic E-state index is 14.4. The molecule has 3 rings (SSSR count). The lowest BCUT2D eigenvalue weighted by Crippen LogP contribution is -2.60. The van der Waals surface area contributed by atoms with Crippen molar-refractivity contribution >= 4 is 24.0 Å². The van der Waals surface area contributed by atoms with Crippen molar-refractivity contribution in [3.8, 4) is 0 Å². The molecule has 0 aromatic heterocycles. The molecule has 0 aliphatic carbocycles. The van der Waals surface area contributed by atoms with E-state index in [1.54, 1.807) is 4.90 Å². The summed E-state index contributed by atoms with van der Waals surface area (Å²) < 4.78 is 17.2. The first-order chi connectivity index (χ1) is 27.1. The van der Waals surface area contributed by atoms with E-state index in [1.165, 1.54) is 5.06 Å².